The molecule has 0 spiro atoms. The molecular weight excluding hydrogens is 302 g/mol. The van der Waals surface area contributed by atoms with Crippen molar-refractivity contribution in [2.24, 2.45) is 5.92 Å². The Hall–Kier alpha value is -2.17. The monoisotopic (exact) mass is 325 g/mol. The zero-order valence-electron chi connectivity index (χ0n) is 13.6. The van der Waals surface area contributed by atoms with Crippen molar-refractivity contribution in [3.05, 3.63) is 60.2 Å². The Kier molecular flexibility index (Phi) is 5.28. The third-order valence-corrected chi connectivity index (χ3v) is 4.73. The van der Waals surface area contributed by atoms with Gasteiger partial charge in [0.25, 0.3) is 0 Å². The Morgan fingerprint density at radius 3 is 2.33 bits per heavy atom. The van der Waals surface area contributed by atoms with Crippen LogP contribution in [0.2, 0.25) is 0 Å². The lowest BCUT2D eigenvalue weighted by Gasteiger charge is -2.35. The summed E-state index contributed by atoms with van der Waals surface area (Å²) in [6, 6.07) is 18.2. The number of benzene rings is 2. The fraction of sp³-hybridized carbons (Fsp3) is 0.350. The molecule has 4 heteroatoms. The SMILES string of the molecule is O=C(Cc1ccc(-c2ccccc2)cc1)N1CC[C@H](CO)[C@H](O)C1. The van der Waals surface area contributed by atoms with E-state index in [0.717, 1.165) is 16.7 Å². The molecule has 126 valence electrons. The number of likely N-dealkylation sites (tertiary alicyclic amines) is 1. The maximum absolute atomic E-state index is 12.4. The summed E-state index contributed by atoms with van der Waals surface area (Å²) in [6.45, 7) is 0.888. The van der Waals surface area contributed by atoms with Crippen molar-refractivity contribution in [1.29, 1.82) is 0 Å². The molecular formula is C20H23NO3. The molecule has 1 heterocycles. The number of rotatable bonds is 4. The highest BCUT2D eigenvalue weighted by atomic mass is 16.3. The van der Waals surface area contributed by atoms with Crippen LogP contribution in [0.25, 0.3) is 11.1 Å². The Balaban J connectivity index is 1.61. The predicted octanol–water partition coefficient (Wildman–Crippen LogP) is 2.10. The predicted molar refractivity (Wildman–Crippen MR) is 93.4 cm³/mol. The number of aliphatic hydroxyl groups is 2. The molecule has 2 aromatic rings. The van der Waals surface area contributed by atoms with Crippen molar-refractivity contribution in [2.45, 2.75) is 18.9 Å². The van der Waals surface area contributed by atoms with E-state index in [2.05, 4.69) is 12.1 Å². The standard InChI is InChI=1S/C20H23NO3/c22-14-18-10-11-21(13-19(18)23)20(24)12-15-6-8-17(9-7-15)16-4-2-1-3-5-16/h1-9,18-19,22-23H,10-14H2/t18-,19-/m1/s1. The van der Waals surface area contributed by atoms with Crippen LogP contribution in [-0.4, -0.2) is 46.8 Å². The molecule has 3 rings (SSSR count). The van der Waals surface area contributed by atoms with Gasteiger partial charge in [0.15, 0.2) is 0 Å². The molecule has 0 radical (unpaired) electrons. The molecule has 0 bridgehead atoms. The van der Waals surface area contributed by atoms with E-state index in [4.69, 9.17) is 0 Å². The van der Waals surface area contributed by atoms with Crippen LogP contribution in [0.15, 0.2) is 54.6 Å². The number of piperidine rings is 1. The van der Waals surface area contributed by atoms with Crippen LogP contribution >= 0.6 is 0 Å². The minimum absolute atomic E-state index is 0.0237. The number of nitrogens with zero attached hydrogens (tertiary/aromatic N) is 1. The number of β-amino-alcohol motifs (C(OH)–C–C–N with tert-alkyl or cyclic N) is 1. The number of hydrogen-bond acceptors (Lipinski definition) is 3. The summed E-state index contributed by atoms with van der Waals surface area (Å²) in [5.41, 5.74) is 3.26. The molecule has 0 aliphatic carbocycles. The summed E-state index contributed by atoms with van der Waals surface area (Å²) in [5.74, 6) is -0.0860. The Labute approximate surface area is 142 Å². The van der Waals surface area contributed by atoms with E-state index in [-0.39, 0.29) is 18.4 Å². The van der Waals surface area contributed by atoms with Gasteiger partial charge in [-0.2, -0.15) is 0 Å². The van der Waals surface area contributed by atoms with Gasteiger partial charge in [-0.1, -0.05) is 54.6 Å². The van der Waals surface area contributed by atoms with Gasteiger partial charge in [-0.3, -0.25) is 4.79 Å². The van der Waals surface area contributed by atoms with Gasteiger partial charge >= 0.3 is 0 Å². The van der Waals surface area contributed by atoms with Crippen LogP contribution in [0.1, 0.15) is 12.0 Å². The van der Waals surface area contributed by atoms with Crippen molar-refractivity contribution in [2.75, 3.05) is 19.7 Å². The maximum atomic E-state index is 12.4. The van der Waals surface area contributed by atoms with E-state index in [9.17, 15) is 15.0 Å². The van der Waals surface area contributed by atoms with Gasteiger partial charge in [0.1, 0.15) is 0 Å². The number of carbonyl (C=O) groups is 1. The zero-order valence-corrected chi connectivity index (χ0v) is 13.6. The number of carbonyl (C=O) groups excluding carboxylic acids is 1. The van der Waals surface area contributed by atoms with Gasteiger partial charge in [-0.15, -0.1) is 0 Å². The molecule has 1 saturated heterocycles. The molecule has 4 nitrogen and oxygen atoms in total. The quantitative estimate of drug-likeness (QED) is 0.905. The Bertz CT molecular complexity index is 669. The minimum Gasteiger partial charge on any atom is -0.396 e. The first-order valence-electron chi connectivity index (χ1n) is 8.38. The molecule has 0 saturated carbocycles. The Morgan fingerprint density at radius 1 is 1.04 bits per heavy atom. The molecule has 2 atom stereocenters. The van der Waals surface area contributed by atoms with E-state index in [1.807, 2.05) is 42.5 Å². The normalized spacial score (nSPS) is 20.8. The largest absolute Gasteiger partial charge is 0.396 e. The number of aliphatic hydroxyl groups excluding tert-OH is 2. The minimum atomic E-state index is -0.631. The van der Waals surface area contributed by atoms with Gasteiger partial charge < -0.3 is 15.1 Å². The molecule has 24 heavy (non-hydrogen) atoms. The smallest absolute Gasteiger partial charge is 0.227 e. The van der Waals surface area contributed by atoms with E-state index in [1.165, 1.54) is 0 Å². The van der Waals surface area contributed by atoms with Crippen molar-refractivity contribution >= 4 is 5.91 Å². The second-order valence-corrected chi connectivity index (χ2v) is 6.38. The van der Waals surface area contributed by atoms with E-state index < -0.39 is 6.10 Å². The summed E-state index contributed by atoms with van der Waals surface area (Å²) in [6.07, 6.45) is 0.357. The van der Waals surface area contributed by atoms with Gasteiger partial charge in [0.05, 0.1) is 12.5 Å². The average molecular weight is 325 g/mol. The topological polar surface area (TPSA) is 60.8 Å². The lowest BCUT2D eigenvalue weighted by molar-refractivity contribution is -0.135. The van der Waals surface area contributed by atoms with Crippen LogP contribution < -0.4 is 0 Å². The molecule has 0 unspecified atom stereocenters. The van der Waals surface area contributed by atoms with Gasteiger partial charge in [-0.25, -0.2) is 0 Å². The molecule has 1 aliphatic rings. The van der Waals surface area contributed by atoms with Crippen LogP contribution in [0.3, 0.4) is 0 Å². The lowest BCUT2D eigenvalue weighted by atomic mass is 9.94. The van der Waals surface area contributed by atoms with Crippen LogP contribution in [0.4, 0.5) is 0 Å². The zero-order chi connectivity index (χ0) is 16.9. The van der Waals surface area contributed by atoms with Gasteiger partial charge in [-0.05, 0) is 23.1 Å². The summed E-state index contributed by atoms with van der Waals surface area (Å²) in [7, 11) is 0. The molecule has 1 aliphatic heterocycles. The second-order valence-electron chi connectivity index (χ2n) is 6.38. The van der Waals surface area contributed by atoms with Gasteiger partial charge in [0.2, 0.25) is 5.91 Å². The van der Waals surface area contributed by atoms with E-state index in [1.54, 1.807) is 4.90 Å². The molecule has 1 amide bonds. The Morgan fingerprint density at radius 2 is 1.71 bits per heavy atom. The highest BCUT2D eigenvalue weighted by Gasteiger charge is 2.29. The fourth-order valence-corrected chi connectivity index (χ4v) is 3.15. The summed E-state index contributed by atoms with van der Waals surface area (Å²) < 4.78 is 0. The highest BCUT2D eigenvalue weighted by Crippen LogP contribution is 2.21. The van der Waals surface area contributed by atoms with Crippen LogP contribution in [0.5, 0.6) is 0 Å². The average Bonchev–Trinajstić information content (AvgIpc) is 2.63. The molecule has 0 aromatic heterocycles. The molecule has 2 aromatic carbocycles. The third kappa shape index (κ3) is 3.83. The van der Waals surface area contributed by atoms with E-state index >= 15 is 0 Å². The molecule has 1 fully saturated rings. The van der Waals surface area contributed by atoms with Crippen LogP contribution in [0, 0.1) is 5.92 Å². The van der Waals surface area contributed by atoms with Gasteiger partial charge in [0, 0.05) is 25.6 Å². The fourth-order valence-electron chi connectivity index (χ4n) is 3.15. The van der Waals surface area contributed by atoms with Crippen molar-refractivity contribution < 1.29 is 15.0 Å². The first-order chi connectivity index (χ1) is 11.7. The van der Waals surface area contributed by atoms with Crippen molar-refractivity contribution in [1.82, 2.24) is 4.90 Å². The highest BCUT2D eigenvalue weighted by molar-refractivity contribution is 5.79. The van der Waals surface area contributed by atoms with Crippen LogP contribution in [-0.2, 0) is 11.2 Å². The number of amides is 1. The van der Waals surface area contributed by atoms with Crippen molar-refractivity contribution in [3.8, 4) is 11.1 Å². The maximum Gasteiger partial charge on any atom is 0.227 e. The number of hydrogen-bond donors (Lipinski definition) is 2. The summed E-state index contributed by atoms with van der Waals surface area (Å²) in [5, 5.41) is 19.1. The summed E-state index contributed by atoms with van der Waals surface area (Å²) >= 11 is 0. The second kappa shape index (κ2) is 7.60. The lowest BCUT2D eigenvalue weighted by Crippen LogP contribution is -2.48. The third-order valence-electron chi connectivity index (χ3n) is 4.73. The first kappa shape index (κ1) is 16.7. The van der Waals surface area contributed by atoms with E-state index in [0.29, 0.717) is 25.9 Å². The van der Waals surface area contributed by atoms with Crippen molar-refractivity contribution in [3.63, 3.8) is 0 Å². The summed E-state index contributed by atoms with van der Waals surface area (Å²) in [4.78, 5) is 14.1. The molecule has 2 N–H and O–H groups in total. The first-order valence-corrected chi connectivity index (χ1v) is 8.38.